The Morgan fingerprint density at radius 2 is 0.469 bits per heavy atom. The number of carbonyl (C=O) groups excluding carboxylic acids is 4. The smallest absolute Gasteiger partial charge is 0.274 e. The summed E-state index contributed by atoms with van der Waals surface area (Å²) in [5.74, 6) is 2.24. The molecule has 4 aromatic heterocycles. The molecule has 4 atom stereocenters. The third-order valence-electron chi connectivity index (χ3n) is 26.8. The second kappa shape index (κ2) is 48.0. The molecular weight excluding hydrogens is 1800 g/mol. The number of hydrogen-bond donors (Lipinski definition) is 12. The molecule has 742 valence electrons. The zero-order valence-electron chi connectivity index (χ0n) is 84.2. The number of hydrogen-bond acceptors (Lipinski definition) is 16. The van der Waals surface area contributed by atoms with Crippen molar-refractivity contribution in [2.45, 2.75) is 164 Å². The molecule has 20 rings (SSSR count). The Kier molecular flexibility index (Phi) is 33.6. The van der Waals surface area contributed by atoms with Gasteiger partial charge in [0.1, 0.15) is 22.8 Å². The van der Waals surface area contributed by atoms with E-state index in [1.807, 2.05) is 179 Å². The number of benzene rings is 12. The standard InChI is InChI=1S/C31H35N5O.3C30H33N5O/c1-3-22-7-4-9-25(16-22)30(33-20-23-13-14-23)26-10-6-11-27(18-26)34-31(37)29-15-21(2)35-36(29)28-12-5-8-24(17-28)19-32;3*1-20-6-3-8-24(14-20)29(32-19-22-12-13-22)25-9-5-10-26(17-25)33-30(36)28-15-21(2)34-35(28)27-11-4-7-23(16-27)18-31/h4-12,15-18,23,30,33H,3,13-14,19-20,32H2,1-2H3,(H,34,37);3*3-11,14-17,22,29,32H,12-13,18-19,31H2,1-2H3,(H,33,36). The zero-order valence-corrected chi connectivity index (χ0v) is 84.2. The molecule has 16 aromatic rings. The van der Waals surface area contributed by atoms with Crippen LogP contribution in [0.2, 0.25) is 0 Å². The lowest BCUT2D eigenvalue weighted by Crippen LogP contribution is -2.25. The van der Waals surface area contributed by atoms with Gasteiger partial charge < -0.3 is 65.5 Å². The molecule has 4 aliphatic carbocycles. The summed E-state index contributed by atoms with van der Waals surface area (Å²) in [6.45, 7) is 21.8. The van der Waals surface area contributed by atoms with E-state index in [0.29, 0.717) is 49.0 Å². The summed E-state index contributed by atoms with van der Waals surface area (Å²) in [6.07, 6.45) is 11.4. The predicted octanol–water partition coefficient (Wildman–Crippen LogP) is 21.4. The maximum Gasteiger partial charge on any atom is 0.274 e. The van der Waals surface area contributed by atoms with E-state index in [9.17, 15) is 19.2 Å². The Labute approximate surface area is 851 Å². The Morgan fingerprint density at radius 1 is 0.262 bits per heavy atom. The minimum Gasteiger partial charge on any atom is -0.326 e. The summed E-state index contributed by atoms with van der Waals surface area (Å²) >= 11 is 0. The average Bonchev–Trinajstić information content (AvgIpc) is 1.65. The van der Waals surface area contributed by atoms with Gasteiger partial charge >= 0.3 is 0 Å². The maximum absolute atomic E-state index is 13.4. The normalized spacial score (nSPS) is 14.0. The number of anilines is 4. The van der Waals surface area contributed by atoms with Crippen LogP contribution in [-0.4, -0.2) is 88.9 Å². The molecule has 4 fully saturated rings. The van der Waals surface area contributed by atoms with Crippen molar-refractivity contribution in [2.24, 2.45) is 46.6 Å². The fourth-order valence-corrected chi connectivity index (χ4v) is 18.3. The quantitative estimate of drug-likeness (QED) is 0.0172. The van der Waals surface area contributed by atoms with Crippen LogP contribution in [0.1, 0.15) is 236 Å². The number of amides is 4. The second-order valence-electron chi connectivity index (χ2n) is 39.1. The van der Waals surface area contributed by atoms with E-state index in [4.69, 9.17) is 22.9 Å². The highest BCUT2D eigenvalue weighted by molar-refractivity contribution is 6.06. The largest absolute Gasteiger partial charge is 0.326 e. The Bertz CT molecular complexity index is 6690. The van der Waals surface area contributed by atoms with E-state index in [0.717, 1.165) is 169 Å². The molecule has 4 unspecified atom stereocenters. The predicted molar refractivity (Wildman–Crippen MR) is 582 cm³/mol. The number of carbonyl (C=O) groups is 4. The van der Waals surface area contributed by atoms with Crippen LogP contribution < -0.4 is 65.5 Å². The van der Waals surface area contributed by atoms with Gasteiger partial charge in [-0.05, 0) is 350 Å². The summed E-state index contributed by atoms with van der Waals surface area (Å²) in [7, 11) is 0. The molecule has 0 bridgehead atoms. The van der Waals surface area contributed by atoms with Gasteiger partial charge in [0.05, 0.1) is 69.7 Å². The van der Waals surface area contributed by atoms with Crippen LogP contribution in [0.15, 0.2) is 315 Å². The zero-order chi connectivity index (χ0) is 101. The summed E-state index contributed by atoms with van der Waals surface area (Å²) in [5, 5.41) is 45.7. The first kappa shape index (κ1) is 102. The summed E-state index contributed by atoms with van der Waals surface area (Å²) in [6, 6.07) is 106. The van der Waals surface area contributed by atoms with Crippen molar-refractivity contribution in [3.8, 4) is 22.7 Å². The minimum atomic E-state index is -0.205. The summed E-state index contributed by atoms with van der Waals surface area (Å²) in [5.41, 5.74) is 53.0. The van der Waals surface area contributed by atoms with E-state index in [1.54, 1.807) is 36.9 Å². The maximum atomic E-state index is 13.4. The van der Waals surface area contributed by atoms with Gasteiger partial charge in [-0.2, -0.15) is 20.4 Å². The molecule has 12 aromatic carbocycles. The van der Waals surface area contributed by atoms with Gasteiger partial charge in [-0.25, -0.2) is 18.7 Å². The van der Waals surface area contributed by atoms with E-state index < -0.39 is 0 Å². The van der Waals surface area contributed by atoms with Crippen LogP contribution in [0.5, 0.6) is 0 Å². The minimum absolute atomic E-state index is 0.0640. The topological polar surface area (TPSA) is 340 Å². The second-order valence-corrected chi connectivity index (χ2v) is 39.1. The lowest BCUT2D eigenvalue weighted by atomic mass is 9.96. The van der Waals surface area contributed by atoms with Gasteiger partial charge in [0.2, 0.25) is 0 Å². The summed E-state index contributed by atoms with van der Waals surface area (Å²) < 4.78 is 6.73. The first-order chi connectivity index (χ1) is 70.5. The van der Waals surface area contributed by atoms with Crippen LogP contribution in [0.3, 0.4) is 0 Å². The highest BCUT2D eigenvalue weighted by atomic mass is 16.2. The van der Waals surface area contributed by atoms with Crippen LogP contribution >= 0.6 is 0 Å². The first-order valence-electron chi connectivity index (χ1n) is 50.9. The highest BCUT2D eigenvalue weighted by Gasteiger charge is 2.31. The van der Waals surface area contributed by atoms with Gasteiger partial charge in [0.25, 0.3) is 23.6 Å². The average molecular weight is 1930 g/mol. The molecule has 4 amide bonds. The molecule has 24 heteroatoms. The first-order valence-corrected chi connectivity index (χ1v) is 50.9. The SMILES string of the molecule is CCc1cccc(C(NCC2CC2)c2cccc(NC(=O)c3cc(C)nn3-c3cccc(CN)c3)c2)c1.Cc1cccc(C(NCC2CC2)c2cccc(NC(=O)c3cc(C)nn3-c3cccc(CN)c3)c2)c1.Cc1cccc(C(NCC2CC2)c2cccc(NC(=O)c3cc(C)nn3-c3cccc(CN)c3)c2)c1.Cc1cccc(C(NCC2CC2)c2cccc(NC(=O)c3cc(C)nn3-c3cccc(CN)c3)c2)c1. The van der Waals surface area contributed by atoms with E-state index in [1.165, 1.54) is 95.9 Å². The Balaban J connectivity index is 0.000000132. The van der Waals surface area contributed by atoms with Gasteiger partial charge in [0, 0.05) is 48.9 Å². The van der Waals surface area contributed by atoms with Crippen LogP contribution in [-0.2, 0) is 32.6 Å². The van der Waals surface area contributed by atoms with Gasteiger partial charge in [-0.3, -0.25) is 19.2 Å². The molecule has 145 heavy (non-hydrogen) atoms. The van der Waals surface area contributed by atoms with Gasteiger partial charge in [-0.15, -0.1) is 0 Å². The molecule has 16 N–H and O–H groups in total. The van der Waals surface area contributed by atoms with Crippen LogP contribution in [0.4, 0.5) is 22.7 Å². The molecular formula is C121H134N20O4. The third kappa shape index (κ3) is 27.5. The molecule has 4 aliphatic rings. The number of rotatable bonds is 37. The fraction of sp³-hybridized carbons (Fsp3) is 0.273. The van der Waals surface area contributed by atoms with E-state index in [-0.39, 0.29) is 47.8 Å². The van der Waals surface area contributed by atoms with Crippen molar-refractivity contribution in [1.29, 1.82) is 0 Å². The Hall–Kier alpha value is -15.0. The molecule has 0 aliphatic heterocycles. The number of aromatic nitrogens is 8. The van der Waals surface area contributed by atoms with Crippen LogP contribution in [0, 0.1) is 72.1 Å². The third-order valence-corrected chi connectivity index (χ3v) is 26.8. The van der Waals surface area contributed by atoms with Gasteiger partial charge in [-0.1, -0.05) is 218 Å². The molecule has 0 saturated heterocycles. The number of nitrogens with zero attached hydrogens (tertiary/aromatic N) is 8. The Morgan fingerprint density at radius 3 is 0.690 bits per heavy atom. The number of nitrogens with two attached hydrogens (primary N) is 4. The van der Waals surface area contributed by atoms with Crippen molar-refractivity contribution in [1.82, 2.24) is 60.4 Å². The van der Waals surface area contributed by atoms with Gasteiger partial charge in [0.15, 0.2) is 0 Å². The summed E-state index contributed by atoms with van der Waals surface area (Å²) in [4.78, 5) is 53.6. The lowest BCUT2D eigenvalue weighted by molar-refractivity contribution is 0.101. The van der Waals surface area contributed by atoms with E-state index >= 15 is 0 Å². The monoisotopic (exact) mass is 1930 g/mol. The number of aryl methyl sites for hydroxylation is 8. The molecule has 0 spiro atoms. The number of nitrogens with one attached hydrogen (secondary N) is 8. The molecule has 0 radical (unpaired) electrons. The van der Waals surface area contributed by atoms with Crippen molar-refractivity contribution >= 4 is 46.4 Å². The van der Waals surface area contributed by atoms with Crippen molar-refractivity contribution in [3.63, 3.8) is 0 Å². The van der Waals surface area contributed by atoms with Crippen LogP contribution in [0.25, 0.3) is 22.7 Å². The van der Waals surface area contributed by atoms with Crippen molar-refractivity contribution in [3.05, 3.63) is 450 Å². The van der Waals surface area contributed by atoms with Crippen molar-refractivity contribution < 1.29 is 19.2 Å². The highest BCUT2D eigenvalue weighted by Crippen LogP contribution is 2.38. The van der Waals surface area contributed by atoms with Crippen molar-refractivity contribution in [2.75, 3.05) is 47.4 Å². The molecule has 24 nitrogen and oxygen atoms in total. The van der Waals surface area contributed by atoms with E-state index in [2.05, 4.69) is 236 Å². The molecule has 4 heterocycles. The fourth-order valence-electron chi connectivity index (χ4n) is 18.3. The lowest BCUT2D eigenvalue weighted by Gasteiger charge is -2.21. The molecule has 4 saturated carbocycles.